The van der Waals surface area contributed by atoms with Crippen LogP contribution in [0.5, 0.6) is 0 Å². The zero-order valence-electron chi connectivity index (χ0n) is 21.8. The number of hydrogen-bond acceptors (Lipinski definition) is 3. The molecule has 3 heterocycles. The molecule has 190 valence electrons. The molecule has 4 nitrogen and oxygen atoms in total. The van der Waals surface area contributed by atoms with Crippen molar-refractivity contribution < 1.29 is 4.39 Å². The van der Waals surface area contributed by atoms with E-state index in [2.05, 4.69) is 76.2 Å². The predicted molar refractivity (Wildman–Crippen MR) is 153 cm³/mol. The summed E-state index contributed by atoms with van der Waals surface area (Å²) in [5, 5.41) is 10.7. The van der Waals surface area contributed by atoms with Gasteiger partial charge in [-0.1, -0.05) is 60.9 Å². The van der Waals surface area contributed by atoms with E-state index in [1.807, 2.05) is 24.3 Å². The predicted octanol–water partition coefficient (Wildman–Crippen LogP) is 7.54. The number of halogens is 1. The van der Waals surface area contributed by atoms with Gasteiger partial charge in [-0.2, -0.15) is 5.10 Å². The van der Waals surface area contributed by atoms with Crippen LogP contribution in [0.25, 0.3) is 17.0 Å². The Morgan fingerprint density at radius 1 is 1.18 bits per heavy atom. The van der Waals surface area contributed by atoms with Gasteiger partial charge in [-0.05, 0) is 84.4 Å². The molecule has 5 heteroatoms. The number of pyridine rings is 1. The molecule has 0 bridgehead atoms. The molecule has 3 aliphatic rings. The highest BCUT2D eigenvalue weighted by Crippen LogP contribution is 2.31. The summed E-state index contributed by atoms with van der Waals surface area (Å²) in [6.07, 6.45) is 25.9. The van der Waals surface area contributed by atoms with Gasteiger partial charge in [0.15, 0.2) is 0 Å². The Bertz CT molecular complexity index is 1560. The standard InChI is InChI=1S/C33H31FN4/c1-4-24(27-9-5-6-13-31-28(20-27)12-8-18-35-31)19-26-11-7-10-25(15-14-22(26)2)29-21-36-38-33(29)32-17-16-30(34)23(3)37-32/h4,6-7,9-12,14-17,19,21,35H,2,5,8,18,20H2,1,3H3,(H,36,38)/b11-7+,15-14-,24-4+,25-10-,26-19-,27-9+. The highest BCUT2D eigenvalue weighted by Gasteiger charge is 2.16. The number of nitrogens with one attached hydrogen (secondary N) is 2. The molecular weight excluding hydrogens is 471 g/mol. The lowest BCUT2D eigenvalue weighted by Crippen LogP contribution is -2.20. The molecule has 38 heavy (non-hydrogen) atoms. The molecule has 1 aliphatic heterocycles. The van der Waals surface area contributed by atoms with Gasteiger partial charge in [0, 0.05) is 18.5 Å². The Kier molecular flexibility index (Phi) is 7.48. The van der Waals surface area contributed by atoms with Crippen LogP contribution in [0, 0.1) is 12.7 Å². The van der Waals surface area contributed by atoms with Crippen LogP contribution in [-0.4, -0.2) is 21.7 Å². The highest BCUT2D eigenvalue weighted by molar-refractivity contribution is 5.84. The van der Waals surface area contributed by atoms with E-state index in [9.17, 15) is 4.39 Å². The molecule has 0 unspecified atom stereocenters. The number of allylic oxidation sites excluding steroid dienone is 14. The summed E-state index contributed by atoms with van der Waals surface area (Å²) in [5.74, 6) is -0.324. The number of aromatic nitrogens is 3. The molecule has 0 saturated heterocycles. The number of rotatable bonds is 4. The van der Waals surface area contributed by atoms with Crippen LogP contribution in [0.2, 0.25) is 0 Å². The summed E-state index contributed by atoms with van der Waals surface area (Å²) in [7, 11) is 0. The minimum absolute atomic E-state index is 0.324. The summed E-state index contributed by atoms with van der Waals surface area (Å²) >= 11 is 0. The van der Waals surface area contributed by atoms with E-state index in [-0.39, 0.29) is 5.82 Å². The summed E-state index contributed by atoms with van der Waals surface area (Å²) < 4.78 is 13.8. The molecule has 5 rings (SSSR count). The summed E-state index contributed by atoms with van der Waals surface area (Å²) in [6.45, 7) is 9.05. The van der Waals surface area contributed by atoms with Crippen molar-refractivity contribution in [3.63, 3.8) is 0 Å². The van der Waals surface area contributed by atoms with Gasteiger partial charge >= 0.3 is 0 Å². The largest absolute Gasteiger partial charge is 0.378 e. The molecule has 0 saturated carbocycles. The van der Waals surface area contributed by atoms with Crippen molar-refractivity contribution in [1.29, 1.82) is 0 Å². The third-order valence-corrected chi connectivity index (χ3v) is 6.87. The normalized spacial score (nSPS) is 23.3. The van der Waals surface area contributed by atoms with Crippen molar-refractivity contribution in [2.45, 2.75) is 33.1 Å². The number of H-pyrrole nitrogens is 1. The second-order valence-corrected chi connectivity index (χ2v) is 9.42. The fourth-order valence-corrected chi connectivity index (χ4v) is 4.76. The zero-order valence-corrected chi connectivity index (χ0v) is 21.8. The fourth-order valence-electron chi connectivity index (χ4n) is 4.76. The summed E-state index contributed by atoms with van der Waals surface area (Å²) in [5.41, 5.74) is 13.9. The molecule has 0 fully saturated rings. The third kappa shape index (κ3) is 5.44. The van der Waals surface area contributed by atoms with Crippen molar-refractivity contribution >= 4 is 5.57 Å². The maximum Gasteiger partial charge on any atom is 0.144 e. The lowest BCUT2D eigenvalue weighted by Gasteiger charge is -2.21. The van der Waals surface area contributed by atoms with Crippen LogP contribution in [0.1, 0.15) is 37.4 Å². The van der Waals surface area contributed by atoms with Crippen LogP contribution >= 0.6 is 0 Å². The van der Waals surface area contributed by atoms with Crippen molar-refractivity contribution in [3.8, 4) is 11.4 Å². The van der Waals surface area contributed by atoms with Gasteiger partial charge < -0.3 is 5.32 Å². The summed E-state index contributed by atoms with van der Waals surface area (Å²) in [4.78, 5) is 4.39. The van der Waals surface area contributed by atoms with Crippen LogP contribution in [-0.2, 0) is 0 Å². The minimum Gasteiger partial charge on any atom is -0.378 e. The van der Waals surface area contributed by atoms with Crippen LogP contribution in [0.3, 0.4) is 0 Å². The molecule has 2 N–H and O–H groups in total. The van der Waals surface area contributed by atoms with Crippen molar-refractivity contribution in [1.82, 2.24) is 20.5 Å². The Morgan fingerprint density at radius 3 is 2.92 bits per heavy atom. The smallest absolute Gasteiger partial charge is 0.144 e. The Labute approximate surface area is 223 Å². The number of nitrogens with zero attached hydrogens (tertiary/aromatic N) is 2. The number of hydrogen-bond donors (Lipinski definition) is 2. The van der Waals surface area contributed by atoms with Gasteiger partial charge in [-0.25, -0.2) is 9.37 Å². The second kappa shape index (κ2) is 11.3. The highest BCUT2D eigenvalue weighted by atomic mass is 19.1. The summed E-state index contributed by atoms with van der Waals surface area (Å²) in [6, 6.07) is 3.10. The lowest BCUT2D eigenvalue weighted by molar-refractivity contribution is 0.610. The molecule has 0 atom stereocenters. The van der Waals surface area contributed by atoms with E-state index in [1.165, 1.54) is 22.8 Å². The first-order valence-electron chi connectivity index (χ1n) is 12.9. The molecular formula is C33H31FN4. The van der Waals surface area contributed by atoms with Crippen molar-refractivity contribution in [2.75, 3.05) is 6.54 Å². The molecule has 2 aliphatic carbocycles. The van der Waals surface area contributed by atoms with E-state index in [1.54, 1.807) is 19.2 Å². The van der Waals surface area contributed by atoms with E-state index < -0.39 is 0 Å². The third-order valence-electron chi connectivity index (χ3n) is 6.87. The van der Waals surface area contributed by atoms with E-state index in [0.717, 1.165) is 59.5 Å². The Balaban J connectivity index is 1.42. The first-order valence-corrected chi connectivity index (χ1v) is 12.9. The molecule has 0 aromatic carbocycles. The average Bonchev–Trinajstić information content (AvgIpc) is 3.38. The lowest BCUT2D eigenvalue weighted by atomic mass is 9.90. The Morgan fingerprint density at radius 2 is 2.08 bits per heavy atom. The fraction of sp³-hybridized carbons (Fsp3) is 0.182. The van der Waals surface area contributed by atoms with Crippen LogP contribution in [0.4, 0.5) is 4.39 Å². The number of aromatic amines is 1. The molecule has 0 spiro atoms. The monoisotopic (exact) mass is 502 g/mol. The maximum absolute atomic E-state index is 13.8. The van der Waals surface area contributed by atoms with Crippen molar-refractivity contribution in [3.05, 3.63) is 142 Å². The number of fused-ring (bicyclic) bond motifs is 1. The van der Waals surface area contributed by atoms with E-state index >= 15 is 0 Å². The molecule has 2 aromatic rings. The second-order valence-electron chi connectivity index (χ2n) is 9.42. The zero-order chi connectivity index (χ0) is 26.5. The van der Waals surface area contributed by atoms with Crippen LogP contribution in [0.15, 0.2) is 125 Å². The minimum atomic E-state index is -0.324. The van der Waals surface area contributed by atoms with Gasteiger partial charge in [0.25, 0.3) is 0 Å². The van der Waals surface area contributed by atoms with E-state index in [0.29, 0.717) is 11.4 Å². The van der Waals surface area contributed by atoms with Gasteiger partial charge in [0.1, 0.15) is 5.82 Å². The first kappa shape index (κ1) is 25.2. The maximum atomic E-state index is 13.8. The Hall–Kier alpha value is -4.47. The van der Waals surface area contributed by atoms with E-state index in [4.69, 9.17) is 0 Å². The van der Waals surface area contributed by atoms with Gasteiger partial charge in [-0.15, -0.1) is 0 Å². The quantitative estimate of drug-likeness (QED) is 0.425. The molecule has 0 radical (unpaired) electrons. The SMILES string of the molecule is C=C1\C=C/C(c2cn[nH]c2-c2ccc(F)c(C)n2)=C/C=C/C1=C/C(=C\C)C1=C/CC=C=C2NCCC=C2C\1. The van der Waals surface area contributed by atoms with Crippen LogP contribution < -0.4 is 5.32 Å². The number of aryl methyl sites for hydroxylation is 1. The topological polar surface area (TPSA) is 53.6 Å². The molecule has 0 amide bonds. The van der Waals surface area contributed by atoms with Gasteiger partial charge in [-0.3, -0.25) is 5.10 Å². The van der Waals surface area contributed by atoms with Gasteiger partial charge in [0.2, 0.25) is 0 Å². The average molecular weight is 503 g/mol. The van der Waals surface area contributed by atoms with Crippen molar-refractivity contribution in [2.24, 2.45) is 0 Å². The molecule has 2 aromatic heterocycles. The first-order chi connectivity index (χ1) is 18.5. The van der Waals surface area contributed by atoms with Gasteiger partial charge in [0.05, 0.1) is 29.0 Å².